The number of ether oxygens (including phenoxy) is 1. The van der Waals surface area contributed by atoms with Crippen LogP contribution in [0.4, 0.5) is 5.69 Å². The number of rotatable bonds is 4. The Morgan fingerprint density at radius 2 is 2.07 bits per heavy atom. The first-order valence-corrected chi connectivity index (χ1v) is 6.24. The van der Waals surface area contributed by atoms with E-state index in [-0.39, 0.29) is 12.1 Å². The van der Waals surface area contributed by atoms with Crippen LogP contribution < -0.4 is 5.32 Å². The van der Waals surface area contributed by atoms with E-state index in [1.807, 2.05) is 25.1 Å². The maximum Gasteiger partial charge on any atom is 0.0741 e. The summed E-state index contributed by atoms with van der Waals surface area (Å²) >= 11 is 8.15. The van der Waals surface area contributed by atoms with Crippen molar-refractivity contribution in [3.05, 3.63) is 26.8 Å². The van der Waals surface area contributed by atoms with Crippen LogP contribution in [0.3, 0.4) is 0 Å². The molecule has 0 saturated carbocycles. The van der Waals surface area contributed by atoms with Gasteiger partial charge in [-0.2, -0.15) is 0 Å². The second-order valence-electron chi connectivity index (χ2n) is 3.50. The molecule has 0 amide bonds. The molecule has 84 valence electrons. The fraction of sp³-hybridized carbons (Fsp3) is 0.455. The van der Waals surface area contributed by atoms with Crippen LogP contribution in [0.15, 0.2) is 18.2 Å². The SMILES string of the molecule is COC(C)C(C)Nc1ccc(Cl)cc1I. The van der Waals surface area contributed by atoms with Gasteiger partial charge in [0.2, 0.25) is 0 Å². The molecule has 0 bridgehead atoms. The van der Waals surface area contributed by atoms with Gasteiger partial charge in [-0.1, -0.05) is 11.6 Å². The Labute approximate surface area is 109 Å². The summed E-state index contributed by atoms with van der Waals surface area (Å²) in [4.78, 5) is 0. The van der Waals surface area contributed by atoms with Crippen LogP contribution in [0.2, 0.25) is 5.02 Å². The molecule has 2 unspecified atom stereocenters. The van der Waals surface area contributed by atoms with Gasteiger partial charge >= 0.3 is 0 Å². The minimum absolute atomic E-state index is 0.177. The Kier molecular flexibility index (Phi) is 5.15. The molecule has 0 aliphatic rings. The quantitative estimate of drug-likeness (QED) is 0.843. The number of hydrogen-bond acceptors (Lipinski definition) is 2. The van der Waals surface area contributed by atoms with E-state index in [4.69, 9.17) is 16.3 Å². The van der Waals surface area contributed by atoms with Crippen LogP contribution in [0.5, 0.6) is 0 Å². The van der Waals surface area contributed by atoms with Crippen molar-refractivity contribution in [1.29, 1.82) is 0 Å². The summed E-state index contributed by atoms with van der Waals surface area (Å²) in [7, 11) is 1.72. The van der Waals surface area contributed by atoms with E-state index in [0.29, 0.717) is 0 Å². The van der Waals surface area contributed by atoms with Crippen LogP contribution in [0.25, 0.3) is 0 Å². The highest BCUT2D eigenvalue weighted by molar-refractivity contribution is 14.1. The molecule has 0 fully saturated rings. The van der Waals surface area contributed by atoms with Crippen molar-refractivity contribution >= 4 is 39.9 Å². The molecular formula is C11H15ClINO. The third-order valence-electron chi connectivity index (χ3n) is 2.39. The number of anilines is 1. The Morgan fingerprint density at radius 1 is 1.40 bits per heavy atom. The van der Waals surface area contributed by atoms with Gasteiger partial charge in [-0.3, -0.25) is 0 Å². The highest BCUT2D eigenvalue weighted by Gasteiger charge is 2.11. The predicted molar refractivity (Wildman–Crippen MR) is 73.7 cm³/mol. The van der Waals surface area contributed by atoms with Gasteiger partial charge in [0.1, 0.15) is 0 Å². The van der Waals surface area contributed by atoms with Crippen molar-refractivity contribution < 1.29 is 4.74 Å². The van der Waals surface area contributed by atoms with E-state index in [1.54, 1.807) is 7.11 Å². The van der Waals surface area contributed by atoms with Gasteiger partial charge in [0, 0.05) is 27.4 Å². The predicted octanol–water partition coefficient (Wildman–Crippen LogP) is 3.78. The summed E-state index contributed by atoms with van der Waals surface area (Å²) in [5.41, 5.74) is 1.09. The van der Waals surface area contributed by atoms with E-state index in [9.17, 15) is 0 Å². The molecule has 1 aromatic rings. The lowest BCUT2D eigenvalue weighted by Gasteiger charge is -2.21. The maximum atomic E-state index is 5.89. The van der Waals surface area contributed by atoms with E-state index in [1.165, 1.54) is 0 Å². The minimum Gasteiger partial charge on any atom is -0.380 e. The van der Waals surface area contributed by atoms with Gasteiger partial charge in [0.25, 0.3) is 0 Å². The first-order chi connectivity index (χ1) is 7.04. The second-order valence-corrected chi connectivity index (χ2v) is 5.10. The largest absolute Gasteiger partial charge is 0.380 e. The van der Waals surface area contributed by atoms with Gasteiger partial charge in [0.05, 0.1) is 6.10 Å². The highest BCUT2D eigenvalue weighted by Crippen LogP contribution is 2.23. The molecule has 1 N–H and O–H groups in total. The summed E-state index contributed by atoms with van der Waals surface area (Å²) in [5.74, 6) is 0. The lowest BCUT2D eigenvalue weighted by Crippen LogP contribution is -2.29. The third kappa shape index (κ3) is 3.81. The maximum absolute atomic E-state index is 5.89. The van der Waals surface area contributed by atoms with Crippen molar-refractivity contribution in [2.45, 2.75) is 26.0 Å². The smallest absolute Gasteiger partial charge is 0.0741 e. The fourth-order valence-corrected chi connectivity index (χ4v) is 2.20. The number of hydrogen-bond donors (Lipinski definition) is 1. The summed E-state index contributed by atoms with van der Waals surface area (Å²) in [6.07, 6.45) is 0.177. The van der Waals surface area contributed by atoms with E-state index >= 15 is 0 Å². The molecule has 4 heteroatoms. The number of benzene rings is 1. The molecule has 1 aromatic carbocycles. The molecule has 0 spiro atoms. The first kappa shape index (κ1) is 13.1. The Bertz CT molecular complexity index is 332. The molecule has 1 rings (SSSR count). The van der Waals surface area contributed by atoms with E-state index < -0.39 is 0 Å². The molecule has 2 nitrogen and oxygen atoms in total. The van der Waals surface area contributed by atoms with Crippen LogP contribution in [-0.4, -0.2) is 19.3 Å². The summed E-state index contributed by atoms with van der Waals surface area (Å²) in [6, 6.07) is 6.08. The van der Waals surface area contributed by atoms with Crippen molar-refractivity contribution in [2.24, 2.45) is 0 Å². The summed E-state index contributed by atoms with van der Waals surface area (Å²) in [6.45, 7) is 4.14. The molecular weight excluding hydrogens is 324 g/mol. The van der Waals surface area contributed by atoms with Crippen molar-refractivity contribution in [3.8, 4) is 0 Å². The lowest BCUT2D eigenvalue weighted by molar-refractivity contribution is 0.106. The molecule has 0 heterocycles. The molecule has 0 aliphatic carbocycles. The zero-order chi connectivity index (χ0) is 11.4. The Balaban J connectivity index is 2.72. The zero-order valence-electron chi connectivity index (χ0n) is 9.05. The van der Waals surface area contributed by atoms with E-state index in [0.717, 1.165) is 14.3 Å². The normalized spacial score (nSPS) is 14.7. The van der Waals surface area contributed by atoms with Gasteiger partial charge < -0.3 is 10.1 Å². The summed E-state index contributed by atoms with van der Waals surface area (Å²) < 4.78 is 6.38. The first-order valence-electron chi connectivity index (χ1n) is 4.79. The number of nitrogens with one attached hydrogen (secondary N) is 1. The lowest BCUT2D eigenvalue weighted by atomic mass is 10.2. The standard InChI is InChI=1S/C11H15ClINO/c1-7(8(2)15-3)14-11-5-4-9(12)6-10(11)13/h4-8,14H,1-3H3. The topological polar surface area (TPSA) is 21.3 Å². The van der Waals surface area contributed by atoms with Crippen molar-refractivity contribution in [2.75, 3.05) is 12.4 Å². The van der Waals surface area contributed by atoms with Crippen molar-refractivity contribution in [3.63, 3.8) is 0 Å². The molecule has 0 saturated heterocycles. The second kappa shape index (κ2) is 5.92. The average molecular weight is 340 g/mol. The average Bonchev–Trinajstić information content (AvgIpc) is 2.20. The van der Waals surface area contributed by atoms with Crippen LogP contribution in [-0.2, 0) is 4.74 Å². The van der Waals surface area contributed by atoms with Gasteiger partial charge in [0.15, 0.2) is 0 Å². The van der Waals surface area contributed by atoms with Gasteiger partial charge in [-0.05, 0) is 54.6 Å². The van der Waals surface area contributed by atoms with Gasteiger partial charge in [-0.25, -0.2) is 0 Å². The fourth-order valence-electron chi connectivity index (χ4n) is 1.17. The third-order valence-corrected chi connectivity index (χ3v) is 3.52. The van der Waals surface area contributed by atoms with Crippen LogP contribution in [0, 0.1) is 3.57 Å². The monoisotopic (exact) mass is 339 g/mol. The Morgan fingerprint density at radius 3 is 2.60 bits per heavy atom. The molecule has 2 atom stereocenters. The molecule has 15 heavy (non-hydrogen) atoms. The number of methoxy groups -OCH3 is 1. The number of halogens is 2. The summed E-state index contributed by atoms with van der Waals surface area (Å²) in [5, 5.41) is 4.16. The van der Waals surface area contributed by atoms with Crippen molar-refractivity contribution in [1.82, 2.24) is 0 Å². The zero-order valence-corrected chi connectivity index (χ0v) is 12.0. The van der Waals surface area contributed by atoms with E-state index in [2.05, 4.69) is 34.8 Å². The van der Waals surface area contributed by atoms with Crippen LogP contribution in [0.1, 0.15) is 13.8 Å². The minimum atomic E-state index is 0.177. The molecule has 0 aromatic heterocycles. The Hall–Kier alpha value is -0.000000000000000111. The molecule has 0 radical (unpaired) electrons. The highest BCUT2D eigenvalue weighted by atomic mass is 127. The molecule has 0 aliphatic heterocycles. The van der Waals surface area contributed by atoms with Gasteiger partial charge in [-0.15, -0.1) is 0 Å². The van der Waals surface area contributed by atoms with Crippen LogP contribution >= 0.6 is 34.2 Å².